The van der Waals surface area contributed by atoms with Crippen molar-refractivity contribution in [2.45, 2.75) is 19.8 Å². The summed E-state index contributed by atoms with van der Waals surface area (Å²) in [4.78, 5) is 10.2. The molecule has 2 saturated carbocycles. The number of hydrogen-bond acceptors (Lipinski definition) is 1. The SMILES string of the molecule is C[C@@H]1C[C@@H]1[C@H]1C[C@@H]1C=O. The third-order valence-corrected chi connectivity index (χ3v) is 2.79. The van der Waals surface area contributed by atoms with Crippen molar-refractivity contribution in [3.63, 3.8) is 0 Å². The van der Waals surface area contributed by atoms with Crippen LogP contribution in [0.1, 0.15) is 19.8 Å². The van der Waals surface area contributed by atoms with E-state index in [0.717, 1.165) is 24.0 Å². The van der Waals surface area contributed by atoms with Crippen LogP contribution in [0.2, 0.25) is 0 Å². The van der Waals surface area contributed by atoms with Crippen molar-refractivity contribution in [3.8, 4) is 0 Å². The van der Waals surface area contributed by atoms with E-state index < -0.39 is 0 Å². The number of rotatable bonds is 2. The Labute approximate surface area is 55.4 Å². The van der Waals surface area contributed by atoms with Crippen molar-refractivity contribution in [2.24, 2.45) is 23.7 Å². The molecule has 0 aliphatic heterocycles. The van der Waals surface area contributed by atoms with Crippen molar-refractivity contribution in [3.05, 3.63) is 0 Å². The average Bonchev–Trinajstić information content (AvgIpc) is 2.61. The Morgan fingerprint density at radius 2 is 2.00 bits per heavy atom. The normalized spacial score (nSPS) is 54.8. The third-order valence-electron chi connectivity index (χ3n) is 2.79. The van der Waals surface area contributed by atoms with Crippen LogP contribution in [0.15, 0.2) is 0 Å². The summed E-state index contributed by atoms with van der Waals surface area (Å²) in [5, 5.41) is 0. The zero-order valence-corrected chi connectivity index (χ0v) is 5.71. The highest BCUT2D eigenvalue weighted by atomic mass is 16.1. The van der Waals surface area contributed by atoms with E-state index in [1.165, 1.54) is 12.8 Å². The summed E-state index contributed by atoms with van der Waals surface area (Å²) >= 11 is 0. The summed E-state index contributed by atoms with van der Waals surface area (Å²) in [5.41, 5.74) is 0. The maximum Gasteiger partial charge on any atom is 0.123 e. The molecule has 0 amide bonds. The van der Waals surface area contributed by atoms with Gasteiger partial charge in [-0.3, -0.25) is 0 Å². The lowest BCUT2D eigenvalue weighted by atomic mass is 10.2. The average molecular weight is 124 g/mol. The maximum atomic E-state index is 10.2. The van der Waals surface area contributed by atoms with Crippen molar-refractivity contribution < 1.29 is 4.79 Å². The molecule has 0 aromatic heterocycles. The van der Waals surface area contributed by atoms with Crippen molar-refractivity contribution >= 4 is 6.29 Å². The molecular weight excluding hydrogens is 112 g/mol. The number of aldehydes is 1. The number of carbonyl (C=O) groups is 1. The molecule has 0 saturated heterocycles. The Morgan fingerprint density at radius 3 is 2.33 bits per heavy atom. The van der Waals surface area contributed by atoms with Gasteiger partial charge in [0.05, 0.1) is 0 Å². The monoisotopic (exact) mass is 124 g/mol. The number of hydrogen-bond donors (Lipinski definition) is 0. The predicted octanol–water partition coefficient (Wildman–Crippen LogP) is 1.48. The molecule has 50 valence electrons. The molecule has 0 radical (unpaired) electrons. The first-order chi connectivity index (χ1) is 4.33. The van der Waals surface area contributed by atoms with Gasteiger partial charge >= 0.3 is 0 Å². The molecule has 0 spiro atoms. The van der Waals surface area contributed by atoms with Crippen LogP contribution in [-0.4, -0.2) is 6.29 Å². The van der Waals surface area contributed by atoms with Gasteiger partial charge in [-0.25, -0.2) is 0 Å². The first-order valence-electron chi connectivity index (χ1n) is 3.78. The summed E-state index contributed by atoms with van der Waals surface area (Å²) in [7, 11) is 0. The molecule has 0 heterocycles. The van der Waals surface area contributed by atoms with E-state index >= 15 is 0 Å². The summed E-state index contributed by atoms with van der Waals surface area (Å²) in [5.74, 6) is 3.12. The molecule has 2 aliphatic carbocycles. The van der Waals surface area contributed by atoms with Crippen LogP contribution in [0.25, 0.3) is 0 Å². The van der Waals surface area contributed by atoms with Crippen LogP contribution >= 0.6 is 0 Å². The Bertz CT molecular complexity index is 142. The molecule has 0 aromatic carbocycles. The van der Waals surface area contributed by atoms with Gasteiger partial charge in [0.15, 0.2) is 0 Å². The van der Waals surface area contributed by atoms with Gasteiger partial charge in [-0.1, -0.05) is 6.92 Å². The molecule has 2 aliphatic rings. The van der Waals surface area contributed by atoms with Gasteiger partial charge in [-0.05, 0) is 30.6 Å². The standard InChI is InChI=1S/C8H12O/c1-5-2-7(5)8-3-6(8)4-9/h4-8H,2-3H2,1H3/t5-,6-,7+,8+/m1/s1. The maximum absolute atomic E-state index is 10.2. The molecular formula is C8H12O. The second-order valence-electron chi connectivity index (χ2n) is 3.58. The minimum Gasteiger partial charge on any atom is -0.303 e. The van der Waals surface area contributed by atoms with Crippen molar-refractivity contribution in [2.75, 3.05) is 0 Å². The second kappa shape index (κ2) is 1.59. The minimum atomic E-state index is 0.458. The van der Waals surface area contributed by atoms with E-state index in [2.05, 4.69) is 6.92 Å². The van der Waals surface area contributed by atoms with Crippen molar-refractivity contribution in [1.82, 2.24) is 0 Å². The lowest BCUT2D eigenvalue weighted by molar-refractivity contribution is -0.109. The molecule has 2 rings (SSSR count). The molecule has 1 heteroatoms. The molecule has 4 atom stereocenters. The Kier molecular flexibility index (Phi) is 0.961. The summed E-state index contributed by atoms with van der Waals surface area (Å²) in [6.45, 7) is 2.28. The van der Waals surface area contributed by atoms with E-state index in [1.54, 1.807) is 0 Å². The second-order valence-corrected chi connectivity index (χ2v) is 3.58. The zero-order valence-electron chi connectivity index (χ0n) is 5.71. The smallest absolute Gasteiger partial charge is 0.123 e. The molecule has 0 N–H and O–H groups in total. The highest BCUT2D eigenvalue weighted by Crippen LogP contribution is 2.56. The Morgan fingerprint density at radius 1 is 1.33 bits per heavy atom. The van der Waals surface area contributed by atoms with Gasteiger partial charge in [0.25, 0.3) is 0 Å². The Hall–Kier alpha value is -0.330. The quantitative estimate of drug-likeness (QED) is 0.509. The van der Waals surface area contributed by atoms with E-state index in [0.29, 0.717) is 5.92 Å². The first kappa shape index (κ1) is 5.45. The molecule has 2 fully saturated rings. The Balaban J connectivity index is 1.84. The van der Waals surface area contributed by atoms with Crippen LogP contribution < -0.4 is 0 Å². The fraction of sp³-hybridized carbons (Fsp3) is 0.875. The van der Waals surface area contributed by atoms with Crippen molar-refractivity contribution in [1.29, 1.82) is 0 Å². The van der Waals surface area contributed by atoms with Gasteiger partial charge in [-0.2, -0.15) is 0 Å². The van der Waals surface area contributed by atoms with Gasteiger partial charge in [-0.15, -0.1) is 0 Å². The highest BCUT2D eigenvalue weighted by Gasteiger charge is 2.51. The molecule has 0 unspecified atom stereocenters. The van der Waals surface area contributed by atoms with E-state index in [-0.39, 0.29) is 0 Å². The minimum absolute atomic E-state index is 0.458. The van der Waals surface area contributed by atoms with Crippen LogP contribution in [0, 0.1) is 23.7 Å². The van der Waals surface area contributed by atoms with Gasteiger partial charge in [0.1, 0.15) is 6.29 Å². The van der Waals surface area contributed by atoms with E-state index in [1.807, 2.05) is 0 Å². The topological polar surface area (TPSA) is 17.1 Å². The van der Waals surface area contributed by atoms with E-state index in [4.69, 9.17) is 0 Å². The fourth-order valence-electron chi connectivity index (χ4n) is 1.83. The predicted molar refractivity (Wildman–Crippen MR) is 34.9 cm³/mol. The van der Waals surface area contributed by atoms with Gasteiger partial charge in [0.2, 0.25) is 0 Å². The highest BCUT2D eigenvalue weighted by molar-refractivity contribution is 5.58. The molecule has 1 nitrogen and oxygen atoms in total. The van der Waals surface area contributed by atoms with Crippen LogP contribution in [-0.2, 0) is 4.79 Å². The largest absolute Gasteiger partial charge is 0.303 e. The fourth-order valence-corrected chi connectivity index (χ4v) is 1.83. The van der Waals surface area contributed by atoms with Gasteiger partial charge in [0, 0.05) is 5.92 Å². The van der Waals surface area contributed by atoms with Crippen LogP contribution in [0.4, 0.5) is 0 Å². The van der Waals surface area contributed by atoms with Gasteiger partial charge < -0.3 is 4.79 Å². The summed E-state index contributed by atoms with van der Waals surface area (Å²) < 4.78 is 0. The molecule has 9 heavy (non-hydrogen) atoms. The summed E-state index contributed by atoms with van der Waals surface area (Å²) in [6, 6.07) is 0. The first-order valence-corrected chi connectivity index (χ1v) is 3.78. The lowest BCUT2D eigenvalue weighted by Crippen LogP contribution is -1.86. The van der Waals surface area contributed by atoms with Crippen LogP contribution in [0.5, 0.6) is 0 Å². The van der Waals surface area contributed by atoms with E-state index in [9.17, 15) is 4.79 Å². The van der Waals surface area contributed by atoms with Crippen LogP contribution in [0.3, 0.4) is 0 Å². The molecule has 0 bridgehead atoms. The zero-order chi connectivity index (χ0) is 6.43. The molecule has 0 aromatic rings. The number of carbonyl (C=O) groups excluding carboxylic acids is 1. The third kappa shape index (κ3) is 0.790. The summed E-state index contributed by atoms with van der Waals surface area (Å²) in [6.07, 6.45) is 3.71. The lowest BCUT2D eigenvalue weighted by Gasteiger charge is -1.86.